The van der Waals surface area contributed by atoms with Crippen LogP contribution in [0, 0.1) is 0 Å². The predicted octanol–water partition coefficient (Wildman–Crippen LogP) is 4.10. The van der Waals surface area contributed by atoms with Crippen molar-refractivity contribution in [2.24, 2.45) is 0 Å². The van der Waals surface area contributed by atoms with E-state index in [1.165, 1.54) is 6.08 Å². The minimum atomic E-state index is -0.803. The van der Waals surface area contributed by atoms with E-state index in [-0.39, 0.29) is 12.2 Å². The SMILES string of the molecule is C=CCOc1ccccc1/C=C1/C(=O)NC(=O)N(c2ccc(OCCCC)cc2)C1=O. The minimum absolute atomic E-state index is 0.169. The van der Waals surface area contributed by atoms with Crippen LogP contribution in [0.3, 0.4) is 0 Å². The molecule has 1 aliphatic rings. The van der Waals surface area contributed by atoms with Gasteiger partial charge in [-0.3, -0.25) is 14.9 Å². The van der Waals surface area contributed by atoms with Gasteiger partial charge in [0.1, 0.15) is 23.7 Å². The van der Waals surface area contributed by atoms with Crippen molar-refractivity contribution in [1.82, 2.24) is 5.32 Å². The van der Waals surface area contributed by atoms with Crippen LogP contribution in [0.25, 0.3) is 6.08 Å². The number of carbonyl (C=O) groups is 3. The summed E-state index contributed by atoms with van der Waals surface area (Å²) < 4.78 is 11.2. The number of hydrogen-bond acceptors (Lipinski definition) is 5. The molecular formula is C24H24N2O5. The van der Waals surface area contributed by atoms with E-state index < -0.39 is 17.8 Å². The van der Waals surface area contributed by atoms with E-state index in [2.05, 4.69) is 18.8 Å². The highest BCUT2D eigenvalue weighted by Crippen LogP contribution is 2.26. The lowest BCUT2D eigenvalue weighted by Crippen LogP contribution is -2.54. The Morgan fingerprint density at radius 2 is 1.77 bits per heavy atom. The Labute approximate surface area is 181 Å². The molecule has 31 heavy (non-hydrogen) atoms. The number of imide groups is 2. The molecule has 0 aromatic heterocycles. The summed E-state index contributed by atoms with van der Waals surface area (Å²) in [5.74, 6) is -0.342. The highest BCUT2D eigenvalue weighted by Gasteiger charge is 2.37. The fourth-order valence-corrected chi connectivity index (χ4v) is 2.95. The number of ether oxygens (including phenoxy) is 2. The first-order chi connectivity index (χ1) is 15.0. The molecule has 3 rings (SSSR count). The fourth-order valence-electron chi connectivity index (χ4n) is 2.95. The molecule has 1 N–H and O–H groups in total. The molecule has 7 nitrogen and oxygen atoms in total. The van der Waals surface area contributed by atoms with Gasteiger partial charge in [0.05, 0.1) is 12.3 Å². The third kappa shape index (κ3) is 5.19. The van der Waals surface area contributed by atoms with Gasteiger partial charge in [0.2, 0.25) is 0 Å². The molecular weight excluding hydrogens is 396 g/mol. The van der Waals surface area contributed by atoms with Crippen LogP contribution in [0.1, 0.15) is 25.3 Å². The summed E-state index contributed by atoms with van der Waals surface area (Å²) in [4.78, 5) is 38.8. The molecule has 1 aliphatic heterocycles. The number of rotatable bonds is 9. The molecule has 2 aromatic rings. The average Bonchev–Trinajstić information content (AvgIpc) is 2.77. The molecule has 1 fully saturated rings. The van der Waals surface area contributed by atoms with Crippen molar-refractivity contribution in [2.45, 2.75) is 19.8 Å². The topological polar surface area (TPSA) is 84.9 Å². The van der Waals surface area contributed by atoms with Crippen LogP contribution in [0.15, 0.2) is 66.8 Å². The first-order valence-corrected chi connectivity index (χ1v) is 10.0. The summed E-state index contributed by atoms with van der Waals surface area (Å²) in [6.45, 7) is 6.55. The zero-order chi connectivity index (χ0) is 22.2. The molecule has 0 unspecified atom stereocenters. The van der Waals surface area contributed by atoms with Crippen molar-refractivity contribution in [1.29, 1.82) is 0 Å². The number of barbiturate groups is 1. The van der Waals surface area contributed by atoms with E-state index in [0.717, 1.165) is 17.7 Å². The monoisotopic (exact) mass is 420 g/mol. The molecule has 0 spiro atoms. The van der Waals surface area contributed by atoms with E-state index >= 15 is 0 Å². The van der Waals surface area contributed by atoms with Crippen LogP contribution in [0.2, 0.25) is 0 Å². The van der Waals surface area contributed by atoms with Crippen molar-refractivity contribution < 1.29 is 23.9 Å². The second-order valence-electron chi connectivity index (χ2n) is 6.79. The van der Waals surface area contributed by atoms with Crippen LogP contribution in [-0.4, -0.2) is 31.1 Å². The van der Waals surface area contributed by atoms with Crippen LogP contribution < -0.4 is 19.7 Å². The maximum absolute atomic E-state index is 13.1. The molecule has 0 atom stereocenters. The van der Waals surface area contributed by atoms with Crippen LogP contribution >= 0.6 is 0 Å². The quantitative estimate of drug-likeness (QED) is 0.286. The van der Waals surface area contributed by atoms with Gasteiger partial charge in [-0.25, -0.2) is 9.69 Å². The minimum Gasteiger partial charge on any atom is -0.494 e. The van der Waals surface area contributed by atoms with E-state index in [9.17, 15) is 14.4 Å². The number of unbranched alkanes of at least 4 members (excludes halogenated alkanes) is 1. The lowest BCUT2D eigenvalue weighted by Gasteiger charge is -2.26. The summed E-state index contributed by atoms with van der Waals surface area (Å²) in [5, 5.41) is 2.22. The maximum atomic E-state index is 13.1. The van der Waals surface area contributed by atoms with Gasteiger partial charge in [0, 0.05) is 5.56 Å². The lowest BCUT2D eigenvalue weighted by molar-refractivity contribution is -0.122. The Bertz CT molecular complexity index is 1010. The highest BCUT2D eigenvalue weighted by molar-refractivity contribution is 6.39. The molecule has 0 bridgehead atoms. The summed E-state index contributed by atoms with van der Waals surface area (Å²) >= 11 is 0. The van der Waals surface area contributed by atoms with Gasteiger partial charge in [-0.05, 0) is 42.8 Å². The molecule has 7 heteroatoms. The van der Waals surface area contributed by atoms with Gasteiger partial charge in [0.25, 0.3) is 11.8 Å². The van der Waals surface area contributed by atoms with Gasteiger partial charge in [-0.15, -0.1) is 0 Å². The van der Waals surface area contributed by atoms with Gasteiger partial charge in [-0.2, -0.15) is 0 Å². The first-order valence-electron chi connectivity index (χ1n) is 10.0. The number of benzene rings is 2. The van der Waals surface area contributed by atoms with Crippen LogP contribution in [0.5, 0.6) is 11.5 Å². The fraction of sp³-hybridized carbons (Fsp3) is 0.208. The molecule has 0 radical (unpaired) electrons. The molecule has 0 aliphatic carbocycles. The summed E-state index contributed by atoms with van der Waals surface area (Å²) in [5.41, 5.74) is 0.703. The molecule has 1 saturated heterocycles. The largest absolute Gasteiger partial charge is 0.494 e. The van der Waals surface area contributed by atoms with Gasteiger partial charge < -0.3 is 9.47 Å². The van der Waals surface area contributed by atoms with Crippen molar-refractivity contribution in [3.63, 3.8) is 0 Å². The number of nitrogens with one attached hydrogen (secondary N) is 1. The standard InChI is InChI=1S/C24H24N2O5/c1-3-5-15-30-19-12-10-18(11-13-19)26-23(28)20(22(27)25-24(26)29)16-17-8-6-7-9-21(17)31-14-4-2/h4,6-13,16H,2-3,5,14-15H2,1H3,(H,25,27,29)/b20-16-. The van der Waals surface area contributed by atoms with E-state index in [1.54, 1.807) is 54.6 Å². The van der Waals surface area contributed by atoms with Crippen molar-refractivity contribution >= 4 is 29.6 Å². The predicted molar refractivity (Wildman–Crippen MR) is 118 cm³/mol. The molecule has 1 heterocycles. The molecule has 2 aromatic carbocycles. The molecule has 4 amide bonds. The van der Waals surface area contributed by atoms with Crippen molar-refractivity contribution in [2.75, 3.05) is 18.1 Å². The van der Waals surface area contributed by atoms with Gasteiger partial charge in [0.15, 0.2) is 0 Å². The molecule has 160 valence electrons. The van der Waals surface area contributed by atoms with Crippen molar-refractivity contribution in [3.8, 4) is 11.5 Å². The number of nitrogens with zero attached hydrogens (tertiary/aromatic N) is 1. The van der Waals surface area contributed by atoms with Crippen LogP contribution in [0.4, 0.5) is 10.5 Å². The Morgan fingerprint density at radius 1 is 1.03 bits per heavy atom. The number of urea groups is 1. The third-order valence-corrected chi connectivity index (χ3v) is 4.54. The Kier molecular flexibility index (Phi) is 7.22. The second-order valence-corrected chi connectivity index (χ2v) is 6.79. The van der Waals surface area contributed by atoms with Gasteiger partial charge in [-0.1, -0.05) is 44.2 Å². The Hall–Kier alpha value is -3.87. The first kappa shape index (κ1) is 21.8. The zero-order valence-corrected chi connectivity index (χ0v) is 17.3. The molecule has 0 saturated carbocycles. The maximum Gasteiger partial charge on any atom is 0.335 e. The lowest BCUT2D eigenvalue weighted by atomic mass is 10.1. The number of carbonyl (C=O) groups excluding carboxylic acids is 3. The third-order valence-electron chi connectivity index (χ3n) is 4.54. The number of hydrogen-bond donors (Lipinski definition) is 1. The van der Waals surface area contributed by atoms with Crippen molar-refractivity contribution in [3.05, 3.63) is 72.3 Å². The van der Waals surface area contributed by atoms with E-state index in [0.29, 0.717) is 29.4 Å². The normalized spacial score (nSPS) is 15.1. The summed E-state index contributed by atoms with van der Waals surface area (Å²) in [6, 6.07) is 12.8. The van der Waals surface area contributed by atoms with E-state index in [1.807, 2.05) is 0 Å². The average molecular weight is 420 g/mol. The van der Waals surface area contributed by atoms with E-state index in [4.69, 9.17) is 9.47 Å². The summed E-state index contributed by atoms with van der Waals surface area (Å²) in [7, 11) is 0. The Balaban J connectivity index is 1.87. The van der Waals surface area contributed by atoms with Crippen LogP contribution in [-0.2, 0) is 9.59 Å². The smallest absolute Gasteiger partial charge is 0.335 e. The number of para-hydroxylation sites is 1. The Morgan fingerprint density at radius 3 is 2.48 bits per heavy atom. The van der Waals surface area contributed by atoms with Gasteiger partial charge >= 0.3 is 6.03 Å². The second kappa shape index (κ2) is 10.2. The highest BCUT2D eigenvalue weighted by atomic mass is 16.5. The number of amides is 4. The zero-order valence-electron chi connectivity index (χ0n) is 17.3. The number of anilines is 1. The summed E-state index contributed by atoms with van der Waals surface area (Å²) in [6.07, 6.45) is 4.96.